The molecule has 3 nitrogen and oxygen atoms in total. The molecular formula is C12H18BrClN2OS. The number of nitrogens with two attached hydrogens (primary N) is 1. The molecule has 2 heterocycles. The molecule has 0 aliphatic carbocycles. The Morgan fingerprint density at radius 2 is 2.33 bits per heavy atom. The van der Waals surface area contributed by atoms with Crippen LogP contribution in [0.25, 0.3) is 0 Å². The number of amides is 1. The minimum Gasteiger partial charge on any atom is -0.334 e. The maximum absolute atomic E-state index is 12.4. The van der Waals surface area contributed by atoms with Crippen molar-refractivity contribution in [2.45, 2.75) is 38.3 Å². The average molecular weight is 354 g/mol. The van der Waals surface area contributed by atoms with Gasteiger partial charge in [0.2, 0.25) is 0 Å². The number of rotatable bonds is 2. The molecule has 0 spiro atoms. The Kier molecular flexibility index (Phi) is 6.11. The van der Waals surface area contributed by atoms with Crippen LogP contribution in [0.3, 0.4) is 0 Å². The normalized spacial score (nSPS) is 21.3. The number of piperidine rings is 1. The molecule has 2 rings (SSSR count). The Morgan fingerprint density at radius 1 is 1.61 bits per heavy atom. The second-order valence-electron chi connectivity index (χ2n) is 4.56. The Morgan fingerprint density at radius 3 is 2.89 bits per heavy atom. The van der Waals surface area contributed by atoms with E-state index in [-0.39, 0.29) is 30.4 Å². The van der Waals surface area contributed by atoms with Gasteiger partial charge in [-0.2, -0.15) is 0 Å². The van der Waals surface area contributed by atoms with Crippen LogP contribution in [0.5, 0.6) is 0 Å². The van der Waals surface area contributed by atoms with E-state index in [0.717, 1.165) is 28.7 Å². The monoisotopic (exact) mass is 352 g/mol. The van der Waals surface area contributed by atoms with Crippen molar-refractivity contribution >= 4 is 45.6 Å². The number of thiophene rings is 1. The lowest BCUT2D eigenvalue weighted by Crippen LogP contribution is -2.51. The molecule has 102 valence electrons. The van der Waals surface area contributed by atoms with Gasteiger partial charge >= 0.3 is 0 Å². The van der Waals surface area contributed by atoms with Crippen LogP contribution in [-0.4, -0.2) is 29.4 Å². The number of halogens is 2. The van der Waals surface area contributed by atoms with Crippen LogP contribution in [0.15, 0.2) is 15.2 Å². The molecule has 1 aromatic heterocycles. The van der Waals surface area contributed by atoms with Gasteiger partial charge < -0.3 is 10.6 Å². The second kappa shape index (κ2) is 6.89. The van der Waals surface area contributed by atoms with E-state index < -0.39 is 0 Å². The van der Waals surface area contributed by atoms with Gasteiger partial charge in [-0.3, -0.25) is 4.79 Å². The molecule has 1 fully saturated rings. The van der Waals surface area contributed by atoms with Crippen LogP contribution in [0.2, 0.25) is 0 Å². The third-order valence-electron chi connectivity index (χ3n) is 3.23. The van der Waals surface area contributed by atoms with Gasteiger partial charge in [0.15, 0.2) is 0 Å². The minimum absolute atomic E-state index is 0. The molecule has 6 heteroatoms. The van der Waals surface area contributed by atoms with Gasteiger partial charge in [0.25, 0.3) is 5.91 Å². The highest BCUT2D eigenvalue weighted by molar-refractivity contribution is 9.11. The summed E-state index contributed by atoms with van der Waals surface area (Å²) in [5, 5.41) is 1.90. The molecule has 1 aliphatic rings. The fourth-order valence-corrected chi connectivity index (χ4v) is 3.47. The van der Waals surface area contributed by atoms with Crippen LogP contribution < -0.4 is 5.73 Å². The predicted octanol–water partition coefficient (Wildman–Crippen LogP) is 3.27. The van der Waals surface area contributed by atoms with Crippen LogP contribution in [0.1, 0.15) is 36.5 Å². The molecule has 0 radical (unpaired) electrons. The smallest absolute Gasteiger partial charge is 0.255 e. The molecule has 2 unspecified atom stereocenters. The predicted molar refractivity (Wildman–Crippen MR) is 81.6 cm³/mol. The fourth-order valence-electron chi connectivity index (χ4n) is 2.34. The van der Waals surface area contributed by atoms with Gasteiger partial charge in [-0.1, -0.05) is 0 Å². The summed E-state index contributed by atoms with van der Waals surface area (Å²) in [5.41, 5.74) is 6.75. The zero-order chi connectivity index (χ0) is 12.4. The summed E-state index contributed by atoms with van der Waals surface area (Å²) in [4.78, 5) is 14.3. The molecule has 1 saturated heterocycles. The SMILES string of the molecule is CC(N)C1CCCCN1C(=O)c1csc(Br)c1.Cl. The lowest BCUT2D eigenvalue weighted by Gasteiger charge is -2.37. The second-order valence-corrected chi connectivity index (χ2v) is 6.85. The van der Waals surface area contributed by atoms with Gasteiger partial charge in [0, 0.05) is 24.0 Å². The largest absolute Gasteiger partial charge is 0.334 e. The molecular weight excluding hydrogens is 336 g/mol. The molecule has 0 saturated carbocycles. The summed E-state index contributed by atoms with van der Waals surface area (Å²) in [5.74, 6) is 0.119. The first kappa shape index (κ1) is 16.0. The summed E-state index contributed by atoms with van der Waals surface area (Å²) in [7, 11) is 0. The Labute approximate surface area is 126 Å². The lowest BCUT2D eigenvalue weighted by molar-refractivity contribution is 0.0584. The van der Waals surface area contributed by atoms with Crippen molar-refractivity contribution in [2.75, 3.05) is 6.54 Å². The Balaban J connectivity index is 0.00000162. The highest BCUT2D eigenvalue weighted by Crippen LogP contribution is 2.25. The van der Waals surface area contributed by atoms with Crippen molar-refractivity contribution in [1.82, 2.24) is 4.90 Å². The van der Waals surface area contributed by atoms with Crippen molar-refractivity contribution in [3.8, 4) is 0 Å². The molecule has 0 aromatic carbocycles. The van der Waals surface area contributed by atoms with Gasteiger partial charge in [0.1, 0.15) is 0 Å². The van der Waals surface area contributed by atoms with Gasteiger partial charge in [-0.15, -0.1) is 23.7 Å². The first-order chi connectivity index (χ1) is 8.09. The van der Waals surface area contributed by atoms with E-state index in [1.165, 1.54) is 6.42 Å². The Hall–Kier alpha value is -0.100. The van der Waals surface area contributed by atoms with Gasteiger partial charge in [-0.05, 0) is 48.2 Å². The summed E-state index contributed by atoms with van der Waals surface area (Å²) in [6, 6.07) is 2.12. The van der Waals surface area contributed by atoms with Crippen molar-refractivity contribution in [2.24, 2.45) is 5.73 Å². The summed E-state index contributed by atoms with van der Waals surface area (Å²) in [6.07, 6.45) is 3.28. The molecule has 2 N–H and O–H groups in total. The Bertz CT molecular complexity index is 411. The van der Waals surface area contributed by atoms with E-state index >= 15 is 0 Å². The molecule has 1 aliphatic heterocycles. The highest BCUT2D eigenvalue weighted by Gasteiger charge is 2.30. The van der Waals surface area contributed by atoms with Crippen molar-refractivity contribution in [3.05, 3.63) is 20.8 Å². The highest BCUT2D eigenvalue weighted by atomic mass is 79.9. The fraction of sp³-hybridized carbons (Fsp3) is 0.583. The molecule has 18 heavy (non-hydrogen) atoms. The molecule has 2 atom stereocenters. The maximum atomic E-state index is 12.4. The van der Waals surface area contributed by atoms with E-state index in [9.17, 15) is 4.79 Å². The summed E-state index contributed by atoms with van der Waals surface area (Å²) >= 11 is 4.94. The maximum Gasteiger partial charge on any atom is 0.255 e. The minimum atomic E-state index is 0. The quantitative estimate of drug-likeness (QED) is 0.887. The van der Waals surface area contributed by atoms with Crippen molar-refractivity contribution in [1.29, 1.82) is 0 Å². The number of carbonyl (C=O) groups excluding carboxylic acids is 1. The number of carbonyl (C=O) groups is 1. The average Bonchev–Trinajstić information content (AvgIpc) is 2.75. The van der Waals surface area contributed by atoms with Gasteiger partial charge in [-0.25, -0.2) is 0 Å². The first-order valence-electron chi connectivity index (χ1n) is 5.90. The summed E-state index contributed by atoms with van der Waals surface area (Å²) in [6.45, 7) is 2.82. The van der Waals surface area contributed by atoms with Crippen LogP contribution in [-0.2, 0) is 0 Å². The van der Waals surface area contributed by atoms with E-state index in [1.54, 1.807) is 11.3 Å². The van der Waals surface area contributed by atoms with Gasteiger partial charge in [0.05, 0.1) is 9.35 Å². The number of likely N-dealkylation sites (tertiary alicyclic amines) is 1. The molecule has 0 bridgehead atoms. The zero-order valence-electron chi connectivity index (χ0n) is 10.3. The van der Waals surface area contributed by atoms with Crippen molar-refractivity contribution < 1.29 is 4.79 Å². The standard InChI is InChI=1S/C12H17BrN2OS.ClH/c1-8(14)10-4-2-3-5-15(10)12(16)9-6-11(13)17-7-9;/h6-8,10H,2-5,14H2,1H3;1H. The zero-order valence-corrected chi connectivity index (χ0v) is 13.5. The van der Waals surface area contributed by atoms with E-state index in [0.29, 0.717) is 0 Å². The third-order valence-corrected chi connectivity index (χ3v) is 4.74. The van der Waals surface area contributed by atoms with Crippen LogP contribution in [0.4, 0.5) is 0 Å². The topological polar surface area (TPSA) is 46.3 Å². The van der Waals surface area contributed by atoms with Crippen LogP contribution >= 0.6 is 39.7 Å². The van der Waals surface area contributed by atoms with E-state index in [1.807, 2.05) is 23.3 Å². The number of nitrogens with zero attached hydrogens (tertiary/aromatic N) is 1. The first-order valence-corrected chi connectivity index (χ1v) is 7.57. The number of hydrogen-bond acceptors (Lipinski definition) is 3. The van der Waals surface area contributed by atoms with Crippen molar-refractivity contribution in [3.63, 3.8) is 0 Å². The number of hydrogen-bond donors (Lipinski definition) is 1. The molecule has 1 amide bonds. The molecule has 1 aromatic rings. The lowest BCUT2D eigenvalue weighted by atomic mass is 9.96. The van der Waals surface area contributed by atoms with E-state index in [4.69, 9.17) is 5.73 Å². The third kappa shape index (κ3) is 3.47. The van der Waals surface area contributed by atoms with Crippen LogP contribution in [0, 0.1) is 0 Å². The summed E-state index contributed by atoms with van der Waals surface area (Å²) < 4.78 is 0.996. The van der Waals surface area contributed by atoms with E-state index in [2.05, 4.69) is 15.9 Å².